The van der Waals surface area contributed by atoms with Crippen LogP contribution in [-0.4, -0.2) is 30.9 Å². The second-order valence-electron chi connectivity index (χ2n) is 6.48. The van der Waals surface area contributed by atoms with E-state index in [2.05, 4.69) is 41.0 Å². The molecule has 5 nitrogen and oxygen atoms in total. The molecule has 0 aliphatic carbocycles. The summed E-state index contributed by atoms with van der Waals surface area (Å²) >= 11 is 0. The van der Waals surface area contributed by atoms with E-state index in [0.29, 0.717) is 6.54 Å². The van der Waals surface area contributed by atoms with Crippen LogP contribution in [0.25, 0.3) is 10.8 Å². The van der Waals surface area contributed by atoms with Gasteiger partial charge in [0.1, 0.15) is 6.04 Å². The average molecular weight is 361 g/mol. The summed E-state index contributed by atoms with van der Waals surface area (Å²) in [5.74, 6) is -0.358. The van der Waals surface area contributed by atoms with Crippen LogP contribution in [0.2, 0.25) is 0 Å². The van der Waals surface area contributed by atoms with Gasteiger partial charge in [0.2, 0.25) is 5.91 Å². The molecule has 27 heavy (non-hydrogen) atoms. The lowest BCUT2D eigenvalue weighted by Gasteiger charge is -2.27. The maximum atomic E-state index is 12.7. The number of likely N-dealkylation sites (N-methyl/N-ethyl adjacent to an activating group) is 1. The third-order valence-corrected chi connectivity index (χ3v) is 4.51. The van der Waals surface area contributed by atoms with Crippen molar-refractivity contribution in [1.82, 2.24) is 15.5 Å². The largest absolute Gasteiger partial charge is 0.341 e. The smallest absolute Gasteiger partial charge is 0.321 e. The molecular formula is C22H23N3O2. The molecule has 0 aliphatic heterocycles. The van der Waals surface area contributed by atoms with Crippen LogP contribution in [0.5, 0.6) is 0 Å². The summed E-state index contributed by atoms with van der Waals surface area (Å²) in [5.41, 5.74) is 1.94. The number of imide groups is 1. The first-order valence-electron chi connectivity index (χ1n) is 8.84. The Bertz CT molecular complexity index is 940. The molecule has 3 amide bonds. The van der Waals surface area contributed by atoms with E-state index in [0.717, 1.165) is 16.5 Å². The predicted molar refractivity (Wildman–Crippen MR) is 107 cm³/mol. The first-order valence-corrected chi connectivity index (χ1v) is 8.84. The van der Waals surface area contributed by atoms with Crippen LogP contribution in [0.1, 0.15) is 17.2 Å². The third-order valence-electron chi connectivity index (χ3n) is 4.51. The molecule has 0 aliphatic rings. The van der Waals surface area contributed by atoms with E-state index >= 15 is 0 Å². The van der Waals surface area contributed by atoms with Crippen molar-refractivity contribution in [1.29, 1.82) is 0 Å². The molecule has 3 aromatic carbocycles. The lowest BCUT2D eigenvalue weighted by Crippen LogP contribution is -2.44. The maximum absolute atomic E-state index is 12.7. The van der Waals surface area contributed by atoms with Gasteiger partial charge in [-0.25, -0.2) is 4.79 Å². The molecule has 0 radical (unpaired) electrons. The van der Waals surface area contributed by atoms with Gasteiger partial charge >= 0.3 is 6.03 Å². The highest BCUT2D eigenvalue weighted by molar-refractivity contribution is 5.97. The van der Waals surface area contributed by atoms with Gasteiger partial charge in [0, 0.05) is 13.6 Å². The maximum Gasteiger partial charge on any atom is 0.321 e. The normalized spacial score (nSPS) is 12.0. The molecule has 0 spiro atoms. The summed E-state index contributed by atoms with van der Waals surface area (Å²) in [5, 5.41) is 7.16. The lowest BCUT2D eigenvalue weighted by atomic mass is 10.0. The summed E-state index contributed by atoms with van der Waals surface area (Å²) in [6.45, 7) is 0.575. The van der Waals surface area contributed by atoms with Crippen LogP contribution in [0, 0.1) is 0 Å². The minimum Gasteiger partial charge on any atom is -0.341 e. The van der Waals surface area contributed by atoms with Crippen molar-refractivity contribution in [2.24, 2.45) is 0 Å². The Balaban J connectivity index is 1.86. The third kappa shape index (κ3) is 4.51. The van der Waals surface area contributed by atoms with Gasteiger partial charge in [0.25, 0.3) is 0 Å². The van der Waals surface area contributed by atoms with Crippen molar-refractivity contribution in [3.05, 3.63) is 83.9 Å². The van der Waals surface area contributed by atoms with E-state index in [1.165, 1.54) is 12.4 Å². The van der Waals surface area contributed by atoms with Crippen molar-refractivity contribution in [3.8, 4) is 0 Å². The Morgan fingerprint density at radius 1 is 0.926 bits per heavy atom. The van der Waals surface area contributed by atoms with Gasteiger partial charge in [-0.15, -0.1) is 0 Å². The quantitative estimate of drug-likeness (QED) is 0.731. The highest BCUT2D eigenvalue weighted by Gasteiger charge is 2.26. The second kappa shape index (κ2) is 8.47. The zero-order valence-corrected chi connectivity index (χ0v) is 15.5. The minimum absolute atomic E-state index is 0.358. The number of carbonyl (C=O) groups is 2. The molecule has 1 unspecified atom stereocenters. The number of fused-ring (bicyclic) bond motifs is 1. The molecule has 5 heteroatoms. The van der Waals surface area contributed by atoms with Crippen LogP contribution < -0.4 is 10.6 Å². The zero-order valence-electron chi connectivity index (χ0n) is 15.5. The first kappa shape index (κ1) is 18.6. The lowest BCUT2D eigenvalue weighted by molar-refractivity contribution is -0.125. The van der Waals surface area contributed by atoms with E-state index in [4.69, 9.17) is 0 Å². The molecule has 1 atom stereocenters. The molecule has 0 saturated carbocycles. The van der Waals surface area contributed by atoms with Crippen molar-refractivity contribution in [2.45, 2.75) is 12.6 Å². The van der Waals surface area contributed by atoms with E-state index < -0.39 is 12.1 Å². The number of nitrogens with zero attached hydrogens (tertiary/aromatic N) is 1. The number of carbonyl (C=O) groups excluding carboxylic acids is 2. The first-order chi connectivity index (χ1) is 13.1. The molecule has 138 valence electrons. The fourth-order valence-corrected chi connectivity index (χ4v) is 3.20. The molecule has 0 saturated heterocycles. The Labute approximate surface area is 159 Å². The zero-order chi connectivity index (χ0) is 19.2. The van der Waals surface area contributed by atoms with Gasteiger partial charge in [0.15, 0.2) is 0 Å². The van der Waals surface area contributed by atoms with Crippen LogP contribution >= 0.6 is 0 Å². The fourth-order valence-electron chi connectivity index (χ4n) is 3.20. The molecule has 0 fully saturated rings. The van der Waals surface area contributed by atoms with Crippen molar-refractivity contribution in [2.75, 3.05) is 14.1 Å². The SMILES string of the molecule is CNC(=O)NC(=O)C(c1ccccc1)N(C)Cc1ccc2ccccc2c1. The molecular weight excluding hydrogens is 338 g/mol. The summed E-state index contributed by atoms with van der Waals surface area (Å²) in [7, 11) is 3.37. The van der Waals surface area contributed by atoms with Crippen LogP contribution in [-0.2, 0) is 11.3 Å². The van der Waals surface area contributed by atoms with E-state index in [9.17, 15) is 9.59 Å². The number of hydrogen-bond donors (Lipinski definition) is 2. The van der Waals surface area contributed by atoms with Crippen molar-refractivity contribution >= 4 is 22.7 Å². The van der Waals surface area contributed by atoms with Gasteiger partial charge < -0.3 is 5.32 Å². The molecule has 3 aromatic rings. The van der Waals surface area contributed by atoms with Gasteiger partial charge in [0.05, 0.1) is 0 Å². The fraction of sp³-hybridized carbons (Fsp3) is 0.182. The summed E-state index contributed by atoms with van der Waals surface area (Å²) in [4.78, 5) is 26.3. The van der Waals surface area contributed by atoms with E-state index in [-0.39, 0.29) is 5.91 Å². The van der Waals surface area contributed by atoms with Gasteiger partial charge in [-0.3, -0.25) is 15.0 Å². The van der Waals surface area contributed by atoms with Gasteiger partial charge in [-0.2, -0.15) is 0 Å². The second-order valence-corrected chi connectivity index (χ2v) is 6.48. The van der Waals surface area contributed by atoms with E-state index in [1.54, 1.807) is 0 Å². The molecule has 0 heterocycles. The Kier molecular flexibility index (Phi) is 5.84. The molecule has 3 rings (SSSR count). The van der Waals surface area contributed by atoms with Crippen LogP contribution in [0.15, 0.2) is 72.8 Å². The summed E-state index contributed by atoms with van der Waals surface area (Å²) in [6.07, 6.45) is 0. The van der Waals surface area contributed by atoms with Crippen molar-refractivity contribution < 1.29 is 9.59 Å². The predicted octanol–water partition coefficient (Wildman–Crippen LogP) is 3.47. The highest BCUT2D eigenvalue weighted by Crippen LogP contribution is 2.23. The van der Waals surface area contributed by atoms with Gasteiger partial charge in [-0.1, -0.05) is 66.7 Å². The topological polar surface area (TPSA) is 61.4 Å². The van der Waals surface area contributed by atoms with Crippen molar-refractivity contribution in [3.63, 3.8) is 0 Å². The van der Waals surface area contributed by atoms with Crippen LogP contribution in [0.4, 0.5) is 4.79 Å². The minimum atomic E-state index is -0.574. The standard InChI is InChI=1S/C22H23N3O2/c1-23-22(27)24-21(26)20(18-9-4-3-5-10-18)25(2)15-16-12-13-17-8-6-7-11-19(17)14-16/h3-14,20H,15H2,1-2H3,(H2,23,24,26,27). The number of amides is 3. The average Bonchev–Trinajstić information content (AvgIpc) is 2.68. The Hall–Kier alpha value is -3.18. The number of benzene rings is 3. The highest BCUT2D eigenvalue weighted by atomic mass is 16.2. The summed E-state index contributed by atoms with van der Waals surface area (Å²) < 4.78 is 0. The Morgan fingerprint density at radius 3 is 2.30 bits per heavy atom. The molecule has 2 N–H and O–H groups in total. The number of urea groups is 1. The Morgan fingerprint density at radius 2 is 1.59 bits per heavy atom. The number of nitrogens with one attached hydrogen (secondary N) is 2. The molecule has 0 aromatic heterocycles. The summed E-state index contributed by atoms with van der Waals surface area (Å²) in [6, 6.07) is 22.8. The number of rotatable bonds is 5. The number of hydrogen-bond acceptors (Lipinski definition) is 3. The van der Waals surface area contributed by atoms with Crippen LogP contribution in [0.3, 0.4) is 0 Å². The van der Waals surface area contributed by atoms with E-state index in [1.807, 2.05) is 54.4 Å². The molecule has 0 bridgehead atoms. The van der Waals surface area contributed by atoms with Gasteiger partial charge in [-0.05, 0) is 35.0 Å². The monoisotopic (exact) mass is 361 g/mol.